The SMILES string of the molecule is COc1ccc(-c2ccc3c(c2)CCCC3=O)cc1OC. The van der Waals surface area contributed by atoms with E-state index in [0.29, 0.717) is 12.2 Å². The second-order valence-corrected chi connectivity index (χ2v) is 5.22. The molecule has 3 heteroatoms. The van der Waals surface area contributed by atoms with Crippen molar-refractivity contribution in [3.63, 3.8) is 0 Å². The highest BCUT2D eigenvalue weighted by molar-refractivity contribution is 5.99. The Kier molecular flexibility index (Phi) is 3.65. The zero-order valence-electron chi connectivity index (χ0n) is 12.3. The molecule has 3 rings (SSSR count). The fourth-order valence-electron chi connectivity index (χ4n) is 2.84. The predicted octanol–water partition coefficient (Wildman–Crippen LogP) is 3.89. The maximum absolute atomic E-state index is 11.9. The lowest BCUT2D eigenvalue weighted by Crippen LogP contribution is -2.10. The van der Waals surface area contributed by atoms with Gasteiger partial charge in [0.25, 0.3) is 0 Å². The van der Waals surface area contributed by atoms with Gasteiger partial charge in [0, 0.05) is 12.0 Å². The summed E-state index contributed by atoms with van der Waals surface area (Å²) in [6, 6.07) is 11.9. The molecule has 2 aromatic rings. The van der Waals surface area contributed by atoms with Crippen molar-refractivity contribution >= 4 is 5.78 Å². The number of aryl methyl sites for hydroxylation is 1. The van der Waals surface area contributed by atoms with Gasteiger partial charge in [-0.2, -0.15) is 0 Å². The van der Waals surface area contributed by atoms with E-state index >= 15 is 0 Å². The van der Waals surface area contributed by atoms with Gasteiger partial charge >= 0.3 is 0 Å². The van der Waals surface area contributed by atoms with Crippen molar-refractivity contribution in [1.29, 1.82) is 0 Å². The third kappa shape index (κ3) is 2.51. The quantitative estimate of drug-likeness (QED) is 0.856. The lowest BCUT2D eigenvalue weighted by molar-refractivity contribution is 0.0972. The summed E-state index contributed by atoms with van der Waals surface area (Å²) in [5, 5.41) is 0. The molecule has 0 heterocycles. The highest BCUT2D eigenvalue weighted by atomic mass is 16.5. The molecule has 108 valence electrons. The molecule has 0 N–H and O–H groups in total. The third-order valence-corrected chi connectivity index (χ3v) is 3.97. The number of hydrogen-bond acceptors (Lipinski definition) is 3. The second kappa shape index (κ2) is 5.60. The van der Waals surface area contributed by atoms with E-state index < -0.39 is 0 Å². The van der Waals surface area contributed by atoms with Crippen molar-refractivity contribution in [2.24, 2.45) is 0 Å². The molecule has 0 aromatic heterocycles. The predicted molar refractivity (Wildman–Crippen MR) is 82.3 cm³/mol. The van der Waals surface area contributed by atoms with Gasteiger partial charge in [0.05, 0.1) is 14.2 Å². The van der Waals surface area contributed by atoms with Crippen molar-refractivity contribution in [3.05, 3.63) is 47.5 Å². The van der Waals surface area contributed by atoms with Gasteiger partial charge in [0.2, 0.25) is 0 Å². The van der Waals surface area contributed by atoms with E-state index in [1.54, 1.807) is 14.2 Å². The summed E-state index contributed by atoms with van der Waals surface area (Å²) in [4.78, 5) is 11.9. The van der Waals surface area contributed by atoms with E-state index in [0.717, 1.165) is 40.8 Å². The smallest absolute Gasteiger partial charge is 0.163 e. The standard InChI is InChI=1S/C18H18O3/c1-20-17-9-7-13(11-18(17)21-2)12-6-8-15-14(10-12)4-3-5-16(15)19/h6-11H,3-5H2,1-2H3. The van der Waals surface area contributed by atoms with E-state index in [1.807, 2.05) is 30.3 Å². The molecule has 0 atom stereocenters. The van der Waals surface area contributed by atoms with Gasteiger partial charge in [-0.05, 0) is 41.7 Å². The number of ketones is 1. The molecule has 1 aliphatic carbocycles. The Bertz CT molecular complexity index is 689. The third-order valence-electron chi connectivity index (χ3n) is 3.97. The topological polar surface area (TPSA) is 35.5 Å². The van der Waals surface area contributed by atoms with Gasteiger partial charge in [-0.25, -0.2) is 0 Å². The van der Waals surface area contributed by atoms with E-state index in [-0.39, 0.29) is 5.78 Å². The summed E-state index contributed by atoms with van der Waals surface area (Å²) < 4.78 is 10.6. The molecule has 0 fully saturated rings. The Labute approximate surface area is 124 Å². The van der Waals surface area contributed by atoms with Crippen LogP contribution in [0.1, 0.15) is 28.8 Å². The number of carbonyl (C=O) groups is 1. The van der Waals surface area contributed by atoms with E-state index in [1.165, 1.54) is 0 Å². The minimum absolute atomic E-state index is 0.259. The fraction of sp³-hybridized carbons (Fsp3) is 0.278. The largest absolute Gasteiger partial charge is 0.493 e. The normalized spacial score (nSPS) is 13.7. The molecule has 0 radical (unpaired) electrons. The molecule has 0 unspecified atom stereocenters. The summed E-state index contributed by atoms with van der Waals surface area (Å²) in [5.74, 6) is 1.69. The maximum atomic E-state index is 11.9. The summed E-state index contributed by atoms with van der Waals surface area (Å²) in [6.07, 6.45) is 2.59. The van der Waals surface area contributed by atoms with E-state index in [4.69, 9.17) is 9.47 Å². The molecule has 3 nitrogen and oxygen atoms in total. The van der Waals surface area contributed by atoms with Crippen molar-refractivity contribution in [2.45, 2.75) is 19.3 Å². The van der Waals surface area contributed by atoms with Crippen LogP contribution in [0.5, 0.6) is 11.5 Å². The van der Waals surface area contributed by atoms with Crippen LogP contribution >= 0.6 is 0 Å². The lowest BCUT2D eigenvalue weighted by Gasteiger charge is -2.16. The van der Waals surface area contributed by atoms with Crippen LogP contribution in [-0.2, 0) is 6.42 Å². The molecule has 21 heavy (non-hydrogen) atoms. The minimum atomic E-state index is 0.259. The Balaban J connectivity index is 2.03. The number of fused-ring (bicyclic) bond motifs is 1. The first-order valence-corrected chi connectivity index (χ1v) is 7.11. The number of rotatable bonds is 3. The lowest BCUT2D eigenvalue weighted by atomic mass is 9.88. The first kappa shape index (κ1) is 13.7. The molecular formula is C18H18O3. The molecule has 0 amide bonds. The second-order valence-electron chi connectivity index (χ2n) is 5.22. The summed E-state index contributed by atoms with van der Waals surface area (Å²) in [7, 11) is 3.26. The average molecular weight is 282 g/mol. The summed E-state index contributed by atoms with van der Waals surface area (Å²) in [5.41, 5.74) is 4.20. The molecule has 0 aliphatic heterocycles. The number of methoxy groups -OCH3 is 2. The molecule has 0 spiro atoms. The Hall–Kier alpha value is -2.29. The van der Waals surface area contributed by atoms with E-state index in [2.05, 4.69) is 6.07 Å². The van der Waals surface area contributed by atoms with Gasteiger partial charge < -0.3 is 9.47 Å². The van der Waals surface area contributed by atoms with Crippen LogP contribution in [0.2, 0.25) is 0 Å². The highest BCUT2D eigenvalue weighted by Gasteiger charge is 2.17. The number of ether oxygens (including phenoxy) is 2. The number of hydrogen-bond donors (Lipinski definition) is 0. The molecular weight excluding hydrogens is 264 g/mol. The van der Waals surface area contributed by atoms with Crippen LogP contribution in [0.15, 0.2) is 36.4 Å². The van der Waals surface area contributed by atoms with Crippen LogP contribution in [0.4, 0.5) is 0 Å². The average Bonchev–Trinajstić information content (AvgIpc) is 2.54. The van der Waals surface area contributed by atoms with Crippen LogP contribution < -0.4 is 9.47 Å². The van der Waals surface area contributed by atoms with Gasteiger partial charge in [0.15, 0.2) is 17.3 Å². The van der Waals surface area contributed by atoms with Crippen molar-refractivity contribution in [2.75, 3.05) is 14.2 Å². The molecule has 0 saturated carbocycles. The van der Waals surface area contributed by atoms with E-state index in [9.17, 15) is 4.79 Å². The fourth-order valence-corrected chi connectivity index (χ4v) is 2.84. The van der Waals surface area contributed by atoms with Gasteiger partial charge in [-0.15, -0.1) is 0 Å². The molecule has 2 aromatic carbocycles. The highest BCUT2D eigenvalue weighted by Crippen LogP contribution is 2.34. The van der Waals surface area contributed by atoms with Crippen LogP contribution in [0.25, 0.3) is 11.1 Å². The van der Waals surface area contributed by atoms with Crippen LogP contribution in [0, 0.1) is 0 Å². The number of Topliss-reactive ketones (excluding diaryl/α,β-unsaturated/α-hetero) is 1. The first-order chi connectivity index (χ1) is 10.2. The van der Waals surface area contributed by atoms with Crippen LogP contribution in [-0.4, -0.2) is 20.0 Å². The molecule has 0 saturated heterocycles. The Morgan fingerprint density at radius 2 is 1.57 bits per heavy atom. The van der Waals surface area contributed by atoms with Crippen LogP contribution in [0.3, 0.4) is 0 Å². The monoisotopic (exact) mass is 282 g/mol. The van der Waals surface area contributed by atoms with Gasteiger partial charge in [0.1, 0.15) is 0 Å². The zero-order valence-corrected chi connectivity index (χ0v) is 12.3. The summed E-state index contributed by atoms with van der Waals surface area (Å²) >= 11 is 0. The molecule has 0 bridgehead atoms. The van der Waals surface area contributed by atoms with Gasteiger partial charge in [-0.3, -0.25) is 4.79 Å². The number of benzene rings is 2. The van der Waals surface area contributed by atoms with Crippen molar-refractivity contribution in [3.8, 4) is 22.6 Å². The Morgan fingerprint density at radius 3 is 2.33 bits per heavy atom. The zero-order chi connectivity index (χ0) is 14.8. The Morgan fingerprint density at radius 1 is 0.857 bits per heavy atom. The molecule has 1 aliphatic rings. The van der Waals surface area contributed by atoms with Crippen molar-refractivity contribution < 1.29 is 14.3 Å². The van der Waals surface area contributed by atoms with Crippen molar-refractivity contribution in [1.82, 2.24) is 0 Å². The minimum Gasteiger partial charge on any atom is -0.493 e. The first-order valence-electron chi connectivity index (χ1n) is 7.11. The summed E-state index contributed by atoms with van der Waals surface area (Å²) in [6.45, 7) is 0. The maximum Gasteiger partial charge on any atom is 0.163 e. The number of carbonyl (C=O) groups excluding carboxylic acids is 1. The van der Waals surface area contributed by atoms with Gasteiger partial charge in [-0.1, -0.05) is 24.3 Å².